The number of hydrogen-bond acceptors (Lipinski definition) is 5. The summed E-state index contributed by atoms with van der Waals surface area (Å²) in [4.78, 5) is 25.1. The van der Waals surface area contributed by atoms with E-state index < -0.39 is 5.91 Å². The van der Waals surface area contributed by atoms with E-state index in [-0.39, 0.29) is 17.0 Å². The summed E-state index contributed by atoms with van der Waals surface area (Å²) in [6.07, 6.45) is 8.19. The number of nitrogens with one attached hydrogen (secondary N) is 2. The van der Waals surface area contributed by atoms with Crippen LogP contribution in [0, 0.1) is 23.2 Å². The lowest BCUT2D eigenvalue weighted by atomic mass is 9.49. The lowest BCUT2D eigenvalue weighted by molar-refractivity contribution is -0.147. The van der Waals surface area contributed by atoms with Gasteiger partial charge in [-0.1, -0.05) is 5.16 Å². The van der Waals surface area contributed by atoms with Crippen LogP contribution in [0.25, 0.3) is 11.5 Å². The number of rotatable bonds is 3. The van der Waals surface area contributed by atoms with Crippen LogP contribution in [0.2, 0.25) is 0 Å². The van der Waals surface area contributed by atoms with Gasteiger partial charge in [0.1, 0.15) is 0 Å². The first-order chi connectivity index (χ1) is 12.6. The fourth-order valence-corrected chi connectivity index (χ4v) is 5.62. The molecular weight excluding hydrogens is 334 g/mol. The van der Waals surface area contributed by atoms with E-state index in [1.165, 1.54) is 31.6 Å². The topological polar surface area (TPSA) is 97.4 Å². The van der Waals surface area contributed by atoms with Crippen LogP contribution in [0.5, 0.6) is 0 Å². The molecule has 0 radical (unpaired) electrons. The van der Waals surface area contributed by atoms with Crippen molar-refractivity contribution in [3.8, 4) is 11.5 Å². The normalized spacial score (nSPS) is 31.8. The molecule has 4 aliphatic carbocycles. The van der Waals surface area contributed by atoms with Crippen molar-refractivity contribution in [3.05, 3.63) is 30.2 Å². The molecule has 2 aromatic rings. The van der Waals surface area contributed by atoms with Crippen LogP contribution >= 0.6 is 0 Å². The minimum Gasteiger partial charge on any atom is -0.461 e. The van der Waals surface area contributed by atoms with E-state index in [9.17, 15) is 9.59 Å². The zero-order chi connectivity index (χ0) is 17.7. The Kier molecular flexibility index (Phi) is 3.45. The summed E-state index contributed by atoms with van der Waals surface area (Å²) >= 11 is 0. The van der Waals surface area contributed by atoms with Gasteiger partial charge in [-0.15, -0.1) is 0 Å². The lowest BCUT2D eigenvalue weighted by Crippen LogP contribution is -2.56. The quantitative estimate of drug-likeness (QED) is 0.825. The number of carbonyl (C=O) groups excluding carboxylic acids is 2. The molecule has 0 unspecified atom stereocenters. The molecule has 7 nitrogen and oxygen atoms in total. The number of hydrazine groups is 1. The highest BCUT2D eigenvalue weighted by atomic mass is 16.5. The van der Waals surface area contributed by atoms with Gasteiger partial charge in [0.05, 0.1) is 11.7 Å². The van der Waals surface area contributed by atoms with Gasteiger partial charge in [-0.25, -0.2) is 0 Å². The molecule has 2 N–H and O–H groups in total. The Balaban J connectivity index is 1.24. The third kappa shape index (κ3) is 2.53. The van der Waals surface area contributed by atoms with Gasteiger partial charge in [0.25, 0.3) is 5.91 Å². The van der Waals surface area contributed by atoms with Gasteiger partial charge in [-0.05, 0) is 68.4 Å². The maximum atomic E-state index is 12.8. The highest BCUT2D eigenvalue weighted by Gasteiger charge is 2.54. The zero-order valence-corrected chi connectivity index (χ0v) is 14.4. The van der Waals surface area contributed by atoms with Gasteiger partial charge in [0.2, 0.25) is 11.7 Å². The van der Waals surface area contributed by atoms with Crippen molar-refractivity contribution in [2.45, 2.75) is 38.5 Å². The number of furan rings is 1. The first-order valence-electron chi connectivity index (χ1n) is 9.23. The van der Waals surface area contributed by atoms with Crippen molar-refractivity contribution in [3.63, 3.8) is 0 Å². The van der Waals surface area contributed by atoms with Crippen LogP contribution in [-0.4, -0.2) is 17.0 Å². The Bertz CT molecular complexity index is 804. The monoisotopic (exact) mass is 355 g/mol. The van der Waals surface area contributed by atoms with Crippen molar-refractivity contribution in [2.75, 3.05) is 0 Å². The van der Waals surface area contributed by atoms with E-state index in [0.29, 0.717) is 29.3 Å². The molecule has 2 heterocycles. The molecular formula is C19H21N3O4. The average molecular weight is 355 g/mol. The first kappa shape index (κ1) is 15.7. The maximum absolute atomic E-state index is 12.8. The summed E-state index contributed by atoms with van der Waals surface area (Å²) < 4.78 is 10.3. The Hall–Kier alpha value is -2.57. The predicted octanol–water partition coefficient (Wildman–Crippen LogP) is 2.91. The second-order valence-corrected chi connectivity index (χ2v) is 8.16. The van der Waals surface area contributed by atoms with Crippen LogP contribution in [0.1, 0.15) is 49.0 Å². The first-order valence-corrected chi connectivity index (χ1v) is 9.23. The molecule has 0 atom stereocenters. The highest BCUT2D eigenvalue weighted by Crippen LogP contribution is 2.60. The van der Waals surface area contributed by atoms with E-state index >= 15 is 0 Å². The third-order valence-electron chi connectivity index (χ3n) is 6.32. The van der Waals surface area contributed by atoms with E-state index in [1.54, 1.807) is 12.1 Å². The van der Waals surface area contributed by atoms with E-state index in [4.69, 9.17) is 8.94 Å². The SMILES string of the molecule is O=C(NNC(=O)C12CC3CC(CC(C3)C1)C2)c1cc(-c2ccco2)on1. The number of carbonyl (C=O) groups is 2. The number of hydrogen-bond donors (Lipinski definition) is 2. The summed E-state index contributed by atoms with van der Waals surface area (Å²) in [5.41, 5.74) is 4.93. The summed E-state index contributed by atoms with van der Waals surface area (Å²) in [6, 6.07) is 4.94. The molecule has 7 heteroatoms. The summed E-state index contributed by atoms with van der Waals surface area (Å²) in [5.74, 6) is 2.34. The van der Waals surface area contributed by atoms with Crippen LogP contribution in [0.3, 0.4) is 0 Å². The van der Waals surface area contributed by atoms with Crippen LogP contribution < -0.4 is 10.9 Å². The van der Waals surface area contributed by atoms with E-state index in [1.807, 2.05) is 0 Å². The smallest absolute Gasteiger partial charge is 0.291 e. The lowest BCUT2D eigenvalue weighted by Gasteiger charge is -2.55. The van der Waals surface area contributed by atoms with Crippen molar-refractivity contribution in [1.82, 2.24) is 16.0 Å². The van der Waals surface area contributed by atoms with Crippen molar-refractivity contribution in [2.24, 2.45) is 23.2 Å². The fourth-order valence-electron chi connectivity index (χ4n) is 5.62. The van der Waals surface area contributed by atoms with Gasteiger partial charge in [-0.2, -0.15) is 0 Å². The zero-order valence-electron chi connectivity index (χ0n) is 14.4. The molecule has 4 bridgehead atoms. The standard InChI is InChI=1S/C19H21N3O4/c23-17(14-7-16(26-22-14)15-2-1-3-25-15)20-21-18(24)19-8-11-4-12(9-19)6-13(5-11)10-19/h1-3,7,11-13H,4-6,8-10H2,(H,20,23)(H,21,24). The number of aromatic nitrogens is 1. The Morgan fingerprint density at radius 2 is 1.73 bits per heavy atom. The molecule has 0 aliphatic heterocycles. The third-order valence-corrected chi connectivity index (χ3v) is 6.32. The molecule has 0 spiro atoms. The summed E-state index contributed by atoms with van der Waals surface area (Å²) in [7, 11) is 0. The molecule has 6 rings (SSSR count). The van der Waals surface area contributed by atoms with Crippen LogP contribution in [0.15, 0.2) is 33.4 Å². The molecule has 4 aliphatic rings. The second-order valence-electron chi connectivity index (χ2n) is 8.16. The largest absolute Gasteiger partial charge is 0.461 e. The minimum absolute atomic E-state index is 0.0558. The Morgan fingerprint density at radius 3 is 2.35 bits per heavy atom. The van der Waals surface area contributed by atoms with Crippen LogP contribution in [0.4, 0.5) is 0 Å². The summed E-state index contributed by atoms with van der Waals surface area (Å²) in [5, 5.41) is 3.74. The molecule has 4 saturated carbocycles. The van der Waals surface area contributed by atoms with Crippen LogP contribution in [-0.2, 0) is 4.79 Å². The maximum Gasteiger partial charge on any atom is 0.291 e. The van der Waals surface area contributed by atoms with E-state index in [2.05, 4.69) is 16.0 Å². The fraction of sp³-hybridized carbons (Fsp3) is 0.526. The molecule has 0 aromatic carbocycles. The predicted molar refractivity (Wildman–Crippen MR) is 90.4 cm³/mol. The molecule has 4 fully saturated rings. The Morgan fingerprint density at radius 1 is 1.04 bits per heavy atom. The molecule has 2 amide bonds. The summed E-state index contributed by atoms with van der Waals surface area (Å²) in [6.45, 7) is 0. The highest BCUT2D eigenvalue weighted by molar-refractivity contribution is 5.95. The number of nitrogens with zero attached hydrogens (tertiary/aromatic N) is 1. The molecule has 26 heavy (non-hydrogen) atoms. The van der Waals surface area contributed by atoms with Gasteiger partial charge in [0, 0.05) is 6.07 Å². The molecule has 2 aromatic heterocycles. The van der Waals surface area contributed by atoms with Gasteiger partial charge in [0.15, 0.2) is 11.5 Å². The van der Waals surface area contributed by atoms with E-state index in [0.717, 1.165) is 19.3 Å². The van der Waals surface area contributed by atoms with Crippen molar-refractivity contribution >= 4 is 11.8 Å². The molecule has 0 saturated heterocycles. The molecule has 136 valence electrons. The van der Waals surface area contributed by atoms with Crippen molar-refractivity contribution < 1.29 is 18.5 Å². The second kappa shape index (κ2) is 5.72. The average Bonchev–Trinajstić information content (AvgIpc) is 3.29. The minimum atomic E-state index is -0.496. The van der Waals surface area contributed by atoms with Crippen molar-refractivity contribution in [1.29, 1.82) is 0 Å². The Labute approximate surface area is 150 Å². The van der Waals surface area contributed by atoms with Gasteiger partial charge < -0.3 is 8.94 Å². The van der Waals surface area contributed by atoms with Gasteiger partial charge in [-0.3, -0.25) is 20.4 Å². The van der Waals surface area contributed by atoms with Gasteiger partial charge >= 0.3 is 0 Å². The number of amides is 2.